The van der Waals surface area contributed by atoms with E-state index in [1.807, 2.05) is 42.6 Å². The van der Waals surface area contributed by atoms with Crippen LogP contribution in [0.2, 0.25) is 0 Å². The lowest BCUT2D eigenvalue weighted by atomic mass is 10.2. The van der Waals surface area contributed by atoms with E-state index in [4.69, 9.17) is 5.73 Å². The van der Waals surface area contributed by atoms with Crippen molar-refractivity contribution < 1.29 is 0 Å². The van der Waals surface area contributed by atoms with E-state index in [2.05, 4.69) is 23.2 Å². The summed E-state index contributed by atoms with van der Waals surface area (Å²) in [4.78, 5) is 6.59. The third kappa shape index (κ3) is 2.05. The molecule has 2 nitrogen and oxygen atoms in total. The number of anilines is 1. The molecule has 2 aromatic carbocycles. The number of nitrogens with zero attached hydrogens (tertiary/aromatic N) is 1. The highest BCUT2D eigenvalue weighted by Gasteiger charge is 2.05. The van der Waals surface area contributed by atoms with E-state index in [9.17, 15) is 0 Å². The predicted octanol–water partition coefficient (Wildman–Crippen LogP) is 3.97. The van der Waals surface area contributed by atoms with Gasteiger partial charge in [-0.3, -0.25) is 0 Å². The minimum Gasteiger partial charge on any atom is -0.383 e. The van der Waals surface area contributed by atoms with Crippen LogP contribution in [-0.2, 0) is 0 Å². The molecule has 0 radical (unpaired) electrons. The third-order valence-corrected chi connectivity index (χ3v) is 3.81. The Hall–Kier alpha value is -2.00. The largest absolute Gasteiger partial charge is 0.383 e. The zero-order valence-electron chi connectivity index (χ0n) is 9.71. The van der Waals surface area contributed by atoms with E-state index in [-0.39, 0.29) is 0 Å². The van der Waals surface area contributed by atoms with Crippen LogP contribution in [0.5, 0.6) is 0 Å². The molecule has 0 saturated carbocycles. The van der Waals surface area contributed by atoms with Crippen LogP contribution in [0.15, 0.2) is 70.6 Å². The smallest absolute Gasteiger partial charge is 0.131 e. The molecular weight excluding hydrogens is 240 g/mol. The van der Waals surface area contributed by atoms with Gasteiger partial charge in [0.05, 0.1) is 0 Å². The average Bonchev–Trinajstić information content (AvgIpc) is 2.44. The van der Waals surface area contributed by atoms with Gasteiger partial charge in [0.15, 0.2) is 0 Å². The quantitative estimate of drug-likeness (QED) is 0.750. The third-order valence-electron chi connectivity index (χ3n) is 2.76. The molecule has 3 heteroatoms. The lowest BCUT2D eigenvalue weighted by molar-refractivity contribution is 1.29. The molecule has 88 valence electrons. The monoisotopic (exact) mass is 252 g/mol. The molecule has 18 heavy (non-hydrogen) atoms. The second-order valence-electron chi connectivity index (χ2n) is 3.97. The maximum atomic E-state index is 5.90. The van der Waals surface area contributed by atoms with E-state index < -0.39 is 0 Å². The van der Waals surface area contributed by atoms with Gasteiger partial charge in [0.2, 0.25) is 0 Å². The molecule has 1 heterocycles. The summed E-state index contributed by atoms with van der Waals surface area (Å²) in [7, 11) is 0. The number of pyridine rings is 1. The molecular formula is C15H12N2S. The average molecular weight is 252 g/mol. The molecule has 3 aromatic rings. The van der Waals surface area contributed by atoms with E-state index in [0.717, 1.165) is 15.7 Å². The minimum atomic E-state index is 0.586. The summed E-state index contributed by atoms with van der Waals surface area (Å²) in [5.74, 6) is 0.586. The Balaban J connectivity index is 2.10. The Labute approximate surface area is 110 Å². The van der Waals surface area contributed by atoms with Crippen LogP contribution in [0.25, 0.3) is 10.8 Å². The van der Waals surface area contributed by atoms with Gasteiger partial charge in [0, 0.05) is 26.8 Å². The summed E-state index contributed by atoms with van der Waals surface area (Å²) in [5, 5.41) is 2.16. The normalized spacial score (nSPS) is 10.7. The molecule has 0 aliphatic carbocycles. The van der Waals surface area contributed by atoms with Gasteiger partial charge in [-0.1, -0.05) is 54.2 Å². The topological polar surface area (TPSA) is 38.9 Å². The highest BCUT2D eigenvalue weighted by Crippen LogP contribution is 2.34. The molecule has 0 atom stereocenters. The molecule has 0 amide bonds. The Morgan fingerprint density at radius 3 is 2.28 bits per heavy atom. The van der Waals surface area contributed by atoms with Crippen molar-refractivity contribution >= 4 is 28.4 Å². The van der Waals surface area contributed by atoms with Crippen molar-refractivity contribution in [3.05, 3.63) is 60.8 Å². The minimum absolute atomic E-state index is 0.586. The van der Waals surface area contributed by atoms with Crippen molar-refractivity contribution in [1.82, 2.24) is 4.98 Å². The van der Waals surface area contributed by atoms with Gasteiger partial charge in [0.1, 0.15) is 5.82 Å². The molecule has 0 fully saturated rings. The van der Waals surface area contributed by atoms with Gasteiger partial charge < -0.3 is 5.73 Å². The molecule has 0 unspecified atom stereocenters. The summed E-state index contributed by atoms with van der Waals surface area (Å²) in [6.45, 7) is 0. The van der Waals surface area contributed by atoms with Crippen molar-refractivity contribution in [2.24, 2.45) is 0 Å². The molecule has 3 rings (SSSR count). The van der Waals surface area contributed by atoms with Crippen molar-refractivity contribution in [2.45, 2.75) is 9.79 Å². The molecule has 1 aromatic heterocycles. The molecule has 0 bridgehead atoms. The first kappa shape index (κ1) is 11.1. The van der Waals surface area contributed by atoms with Gasteiger partial charge >= 0.3 is 0 Å². The second-order valence-corrected chi connectivity index (χ2v) is 5.08. The molecule has 0 saturated heterocycles. The lowest BCUT2D eigenvalue weighted by Gasteiger charge is -2.07. The maximum absolute atomic E-state index is 5.90. The first-order valence-electron chi connectivity index (χ1n) is 5.71. The van der Waals surface area contributed by atoms with Crippen LogP contribution in [0.1, 0.15) is 0 Å². The predicted molar refractivity (Wildman–Crippen MR) is 76.7 cm³/mol. The Bertz CT molecular complexity index is 680. The molecule has 0 aliphatic rings. The number of hydrogen-bond donors (Lipinski definition) is 1. The van der Waals surface area contributed by atoms with Crippen LogP contribution in [-0.4, -0.2) is 4.98 Å². The van der Waals surface area contributed by atoms with Crippen molar-refractivity contribution in [2.75, 3.05) is 5.73 Å². The maximum Gasteiger partial charge on any atom is 0.131 e. The van der Waals surface area contributed by atoms with Crippen LogP contribution in [0, 0.1) is 0 Å². The van der Waals surface area contributed by atoms with E-state index >= 15 is 0 Å². The SMILES string of the molecule is Nc1ncc(Sc2ccccc2)c2ccccc12. The summed E-state index contributed by atoms with van der Waals surface area (Å²) in [6.07, 6.45) is 1.84. The van der Waals surface area contributed by atoms with Crippen LogP contribution in [0.3, 0.4) is 0 Å². The van der Waals surface area contributed by atoms with Gasteiger partial charge in [-0.25, -0.2) is 4.98 Å². The van der Waals surface area contributed by atoms with E-state index in [1.54, 1.807) is 11.8 Å². The zero-order valence-corrected chi connectivity index (χ0v) is 10.5. The Morgan fingerprint density at radius 1 is 0.833 bits per heavy atom. The van der Waals surface area contributed by atoms with Crippen LogP contribution < -0.4 is 5.73 Å². The number of fused-ring (bicyclic) bond motifs is 1. The van der Waals surface area contributed by atoms with Crippen LogP contribution >= 0.6 is 11.8 Å². The summed E-state index contributed by atoms with van der Waals surface area (Å²) < 4.78 is 0. The Kier molecular flexibility index (Phi) is 2.90. The van der Waals surface area contributed by atoms with Gasteiger partial charge in [-0.2, -0.15) is 0 Å². The highest BCUT2D eigenvalue weighted by molar-refractivity contribution is 7.99. The number of aromatic nitrogens is 1. The summed E-state index contributed by atoms with van der Waals surface area (Å²) in [5.41, 5.74) is 5.90. The van der Waals surface area contributed by atoms with Gasteiger partial charge in [0.25, 0.3) is 0 Å². The van der Waals surface area contributed by atoms with E-state index in [1.165, 1.54) is 4.90 Å². The number of nitrogens with two attached hydrogens (primary N) is 1. The fourth-order valence-corrected chi connectivity index (χ4v) is 2.83. The van der Waals surface area contributed by atoms with Crippen molar-refractivity contribution in [1.29, 1.82) is 0 Å². The van der Waals surface area contributed by atoms with E-state index in [0.29, 0.717) is 5.82 Å². The second kappa shape index (κ2) is 4.70. The standard InChI is InChI=1S/C15H12N2S/c16-15-13-9-5-4-8-12(13)14(10-17-15)18-11-6-2-1-3-7-11/h1-10H,(H2,16,17). The summed E-state index contributed by atoms with van der Waals surface area (Å²) >= 11 is 1.71. The van der Waals surface area contributed by atoms with Crippen LogP contribution in [0.4, 0.5) is 5.82 Å². The Morgan fingerprint density at radius 2 is 1.50 bits per heavy atom. The van der Waals surface area contributed by atoms with Crippen molar-refractivity contribution in [3.63, 3.8) is 0 Å². The highest BCUT2D eigenvalue weighted by atomic mass is 32.2. The first-order valence-corrected chi connectivity index (χ1v) is 6.52. The lowest BCUT2D eigenvalue weighted by Crippen LogP contribution is -1.92. The first-order chi connectivity index (χ1) is 8.84. The zero-order chi connectivity index (χ0) is 12.4. The fraction of sp³-hybridized carbons (Fsp3) is 0. The van der Waals surface area contributed by atoms with Gasteiger partial charge in [-0.05, 0) is 12.1 Å². The molecule has 0 aliphatic heterocycles. The number of hydrogen-bond acceptors (Lipinski definition) is 3. The van der Waals surface area contributed by atoms with Gasteiger partial charge in [-0.15, -0.1) is 0 Å². The molecule has 0 spiro atoms. The molecule has 2 N–H and O–H groups in total. The number of rotatable bonds is 2. The number of benzene rings is 2. The fourth-order valence-electron chi connectivity index (χ4n) is 1.89. The summed E-state index contributed by atoms with van der Waals surface area (Å²) in [6, 6.07) is 18.4. The van der Waals surface area contributed by atoms with Crippen molar-refractivity contribution in [3.8, 4) is 0 Å². The number of nitrogen functional groups attached to an aromatic ring is 1.